The number of carbonyl (C=O) groups excluding carboxylic acids is 2. The summed E-state index contributed by atoms with van der Waals surface area (Å²) in [6, 6.07) is 20.8. The maximum Gasteiger partial charge on any atom is 0.253 e. The Morgan fingerprint density at radius 3 is 2.39 bits per heavy atom. The number of hydrogen-bond acceptors (Lipinski definition) is 6. The van der Waals surface area contributed by atoms with Crippen molar-refractivity contribution in [2.24, 2.45) is 5.73 Å². The molecule has 0 saturated carbocycles. The smallest absolute Gasteiger partial charge is 0.253 e. The minimum Gasteiger partial charge on any atom is -0.444 e. The van der Waals surface area contributed by atoms with Gasteiger partial charge in [0.2, 0.25) is 11.8 Å². The molecule has 0 aliphatic heterocycles. The van der Waals surface area contributed by atoms with Crippen LogP contribution in [0.25, 0.3) is 22.8 Å². The number of hydrogen-bond donors (Lipinski definition) is 3. The van der Waals surface area contributed by atoms with E-state index in [0.29, 0.717) is 17.3 Å². The molecular formula is C25H22N4O4. The van der Waals surface area contributed by atoms with E-state index in [9.17, 15) is 14.7 Å². The van der Waals surface area contributed by atoms with Gasteiger partial charge in [0.15, 0.2) is 6.10 Å². The number of oxazole rings is 1. The molecule has 0 radical (unpaired) electrons. The normalized spacial score (nSPS) is 12.6. The summed E-state index contributed by atoms with van der Waals surface area (Å²) in [5.74, 6) is -1.05. The first-order valence-corrected chi connectivity index (χ1v) is 10.3. The maximum atomic E-state index is 13.2. The van der Waals surface area contributed by atoms with Crippen molar-refractivity contribution in [1.82, 2.24) is 15.3 Å². The Kier molecular flexibility index (Phi) is 6.56. The van der Waals surface area contributed by atoms with Gasteiger partial charge in [-0.05, 0) is 36.2 Å². The van der Waals surface area contributed by atoms with E-state index in [1.807, 2.05) is 60.7 Å². The third kappa shape index (κ3) is 5.13. The quantitative estimate of drug-likeness (QED) is 0.384. The molecular weight excluding hydrogens is 420 g/mol. The van der Waals surface area contributed by atoms with Gasteiger partial charge in [-0.25, -0.2) is 4.98 Å². The van der Waals surface area contributed by atoms with E-state index in [4.69, 9.17) is 10.2 Å². The molecule has 0 bridgehead atoms. The fourth-order valence-electron chi connectivity index (χ4n) is 3.44. The highest BCUT2D eigenvalue weighted by molar-refractivity contribution is 6.00. The number of benzene rings is 2. The van der Waals surface area contributed by atoms with Gasteiger partial charge in [0.25, 0.3) is 5.91 Å². The topological polar surface area (TPSA) is 131 Å². The number of aliphatic hydroxyl groups is 1. The zero-order chi connectivity index (χ0) is 23.2. The molecule has 4 rings (SSSR count). The van der Waals surface area contributed by atoms with Crippen LogP contribution in [-0.4, -0.2) is 39.0 Å². The van der Waals surface area contributed by atoms with Crippen molar-refractivity contribution in [3.63, 3.8) is 0 Å². The highest BCUT2D eigenvalue weighted by atomic mass is 16.3. The summed E-state index contributed by atoms with van der Waals surface area (Å²) in [6.45, 7) is 0. The van der Waals surface area contributed by atoms with Crippen LogP contribution in [0.1, 0.15) is 15.9 Å². The molecule has 8 nitrogen and oxygen atoms in total. The summed E-state index contributed by atoms with van der Waals surface area (Å²) in [7, 11) is 0. The number of nitrogens with zero attached hydrogens (tertiary/aromatic N) is 2. The van der Waals surface area contributed by atoms with Gasteiger partial charge in [0.05, 0.1) is 11.6 Å². The average molecular weight is 442 g/mol. The third-order valence-electron chi connectivity index (χ3n) is 5.11. The Morgan fingerprint density at radius 1 is 1.00 bits per heavy atom. The zero-order valence-corrected chi connectivity index (χ0v) is 17.6. The standard InChI is InChI=1S/C25H22N4O4/c26-23(31)22(30)19(14-16-8-3-1-4-9-16)28-24(32)18-12-7-13-27-21(18)20-15-33-25(29-20)17-10-5-2-6-11-17/h1-13,15,19,22,30H,14H2,(H2,26,31)(H,28,32). The molecule has 166 valence electrons. The van der Waals surface area contributed by atoms with Crippen LogP contribution in [-0.2, 0) is 11.2 Å². The molecule has 2 aromatic carbocycles. The largest absolute Gasteiger partial charge is 0.444 e. The summed E-state index contributed by atoms with van der Waals surface area (Å²) in [4.78, 5) is 33.6. The second-order valence-corrected chi connectivity index (χ2v) is 7.42. The van der Waals surface area contributed by atoms with Crippen molar-refractivity contribution in [3.05, 3.63) is 96.4 Å². The number of carbonyl (C=O) groups is 2. The Balaban J connectivity index is 1.61. The highest BCUT2D eigenvalue weighted by Gasteiger charge is 2.28. The number of nitrogens with two attached hydrogens (primary N) is 1. The molecule has 4 aromatic rings. The molecule has 2 atom stereocenters. The maximum absolute atomic E-state index is 13.2. The SMILES string of the molecule is NC(=O)C(O)C(Cc1ccccc1)NC(=O)c1cccnc1-c1coc(-c2ccccc2)n1. The van der Waals surface area contributed by atoms with Gasteiger partial charge in [-0.2, -0.15) is 0 Å². The number of aliphatic hydroxyl groups excluding tert-OH is 1. The summed E-state index contributed by atoms with van der Waals surface area (Å²) >= 11 is 0. The van der Waals surface area contributed by atoms with E-state index in [1.165, 1.54) is 6.26 Å². The van der Waals surface area contributed by atoms with Crippen molar-refractivity contribution in [2.75, 3.05) is 0 Å². The summed E-state index contributed by atoms with van der Waals surface area (Å²) < 4.78 is 5.59. The van der Waals surface area contributed by atoms with Crippen LogP contribution in [0.2, 0.25) is 0 Å². The van der Waals surface area contributed by atoms with Gasteiger partial charge >= 0.3 is 0 Å². The van der Waals surface area contributed by atoms with E-state index in [1.54, 1.807) is 18.3 Å². The molecule has 0 fully saturated rings. The van der Waals surface area contributed by atoms with Crippen molar-refractivity contribution < 1.29 is 19.1 Å². The third-order valence-corrected chi connectivity index (χ3v) is 5.11. The summed E-state index contributed by atoms with van der Waals surface area (Å²) in [5.41, 5.74) is 7.85. The molecule has 2 amide bonds. The van der Waals surface area contributed by atoms with E-state index in [0.717, 1.165) is 11.1 Å². The lowest BCUT2D eigenvalue weighted by molar-refractivity contribution is -0.127. The lowest BCUT2D eigenvalue weighted by atomic mass is 10.00. The van der Waals surface area contributed by atoms with E-state index in [-0.39, 0.29) is 12.0 Å². The Hall–Kier alpha value is -4.30. The molecule has 2 unspecified atom stereocenters. The number of aromatic nitrogens is 2. The first-order chi connectivity index (χ1) is 16.0. The van der Waals surface area contributed by atoms with Crippen LogP contribution < -0.4 is 11.1 Å². The van der Waals surface area contributed by atoms with Crippen molar-refractivity contribution >= 4 is 11.8 Å². The van der Waals surface area contributed by atoms with Gasteiger partial charge in [0, 0.05) is 11.8 Å². The minimum atomic E-state index is -1.56. The Labute approximate surface area is 190 Å². The lowest BCUT2D eigenvalue weighted by Gasteiger charge is -2.22. The first kappa shape index (κ1) is 21.9. The van der Waals surface area contributed by atoms with Gasteiger partial charge in [-0.3, -0.25) is 14.6 Å². The Morgan fingerprint density at radius 2 is 1.70 bits per heavy atom. The fraction of sp³-hybridized carbons (Fsp3) is 0.120. The number of pyridine rings is 1. The molecule has 0 spiro atoms. The molecule has 0 aliphatic carbocycles. The second-order valence-electron chi connectivity index (χ2n) is 7.42. The van der Waals surface area contributed by atoms with Gasteiger partial charge < -0.3 is 20.6 Å². The molecule has 33 heavy (non-hydrogen) atoms. The van der Waals surface area contributed by atoms with Crippen LogP contribution in [0, 0.1) is 0 Å². The van der Waals surface area contributed by atoms with E-state index in [2.05, 4.69) is 15.3 Å². The average Bonchev–Trinajstić information content (AvgIpc) is 3.34. The Bertz CT molecular complexity index is 1240. The second kappa shape index (κ2) is 9.88. The molecule has 0 aliphatic rings. The predicted molar refractivity (Wildman–Crippen MR) is 122 cm³/mol. The fourth-order valence-corrected chi connectivity index (χ4v) is 3.44. The van der Waals surface area contributed by atoms with Crippen LogP contribution in [0.4, 0.5) is 0 Å². The number of rotatable bonds is 8. The van der Waals surface area contributed by atoms with Crippen LogP contribution in [0.5, 0.6) is 0 Å². The van der Waals surface area contributed by atoms with Crippen LogP contribution in [0.3, 0.4) is 0 Å². The predicted octanol–water partition coefficient (Wildman–Crippen LogP) is 2.59. The number of nitrogens with one attached hydrogen (secondary N) is 1. The summed E-state index contributed by atoms with van der Waals surface area (Å²) in [5, 5.41) is 13.1. The van der Waals surface area contributed by atoms with Crippen molar-refractivity contribution in [3.8, 4) is 22.8 Å². The first-order valence-electron chi connectivity index (χ1n) is 10.3. The van der Waals surface area contributed by atoms with Gasteiger partial charge in [0.1, 0.15) is 17.7 Å². The minimum absolute atomic E-state index is 0.217. The van der Waals surface area contributed by atoms with E-state index >= 15 is 0 Å². The lowest BCUT2D eigenvalue weighted by Crippen LogP contribution is -2.50. The molecule has 2 heterocycles. The number of primary amides is 1. The molecule has 0 saturated heterocycles. The zero-order valence-electron chi connectivity index (χ0n) is 17.6. The van der Waals surface area contributed by atoms with Crippen molar-refractivity contribution in [1.29, 1.82) is 0 Å². The van der Waals surface area contributed by atoms with Crippen molar-refractivity contribution in [2.45, 2.75) is 18.6 Å². The molecule has 8 heteroatoms. The number of amides is 2. The van der Waals surface area contributed by atoms with Gasteiger partial charge in [-0.1, -0.05) is 48.5 Å². The monoisotopic (exact) mass is 442 g/mol. The van der Waals surface area contributed by atoms with Gasteiger partial charge in [-0.15, -0.1) is 0 Å². The molecule has 2 aromatic heterocycles. The van der Waals surface area contributed by atoms with E-state index < -0.39 is 24.0 Å². The van der Waals surface area contributed by atoms with Crippen LogP contribution >= 0.6 is 0 Å². The molecule has 4 N–H and O–H groups in total. The highest BCUT2D eigenvalue weighted by Crippen LogP contribution is 2.25. The van der Waals surface area contributed by atoms with Crippen LogP contribution in [0.15, 0.2) is 89.7 Å². The summed E-state index contributed by atoms with van der Waals surface area (Å²) in [6.07, 6.45) is 1.63.